The number of benzene rings is 2. The molecule has 0 aliphatic heterocycles. The minimum Gasteiger partial charge on any atom is -0.493 e. The predicted molar refractivity (Wildman–Crippen MR) is 110 cm³/mol. The van der Waals surface area contributed by atoms with E-state index in [0.717, 1.165) is 34.3 Å². The molecule has 1 heterocycles. The molecule has 3 aromatic rings. The van der Waals surface area contributed by atoms with Crippen molar-refractivity contribution in [3.05, 3.63) is 58.6 Å². The fraction of sp³-hybridized carbons (Fsp3) is 0.316. The second-order valence-electron chi connectivity index (χ2n) is 5.94. The van der Waals surface area contributed by atoms with Crippen LogP contribution in [0.15, 0.2) is 47.6 Å². The first kappa shape index (κ1) is 20.4. The first-order chi connectivity index (χ1) is 13.7. The van der Waals surface area contributed by atoms with Crippen LogP contribution in [0.3, 0.4) is 0 Å². The highest BCUT2D eigenvalue weighted by Crippen LogP contribution is 2.32. The van der Waals surface area contributed by atoms with Gasteiger partial charge in [-0.15, -0.1) is 5.10 Å². The molecule has 1 aromatic heterocycles. The maximum Gasteiger partial charge on any atom is 0.209 e. The van der Waals surface area contributed by atoms with Gasteiger partial charge in [0.15, 0.2) is 11.5 Å². The van der Waals surface area contributed by atoms with Crippen molar-refractivity contribution in [1.29, 1.82) is 0 Å². The number of methoxy groups -OCH3 is 1. The molecule has 0 radical (unpaired) electrons. The second kappa shape index (κ2) is 10.3. The molecule has 7 nitrogen and oxygen atoms in total. The van der Waals surface area contributed by atoms with Crippen LogP contribution in [0.2, 0.25) is 5.02 Å². The molecule has 0 saturated heterocycles. The van der Waals surface area contributed by atoms with Gasteiger partial charge in [-0.25, -0.2) is 4.68 Å². The minimum absolute atomic E-state index is 0.377. The van der Waals surface area contributed by atoms with Gasteiger partial charge in [0.2, 0.25) is 5.16 Å². The van der Waals surface area contributed by atoms with Gasteiger partial charge in [-0.1, -0.05) is 53.7 Å². The number of thioether (sulfide) groups is 1. The van der Waals surface area contributed by atoms with Crippen LogP contribution in [-0.4, -0.2) is 39.6 Å². The van der Waals surface area contributed by atoms with Crippen LogP contribution in [0, 0.1) is 0 Å². The van der Waals surface area contributed by atoms with Crippen molar-refractivity contribution in [2.24, 2.45) is 7.05 Å². The molecule has 2 aromatic carbocycles. The summed E-state index contributed by atoms with van der Waals surface area (Å²) in [7, 11) is 3.47. The van der Waals surface area contributed by atoms with Crippen LogP contribution < -0.4 is 14.8 Å². The molecule has 0 unspecified atom stereocenters. The molecule has 0 atom stereocenters. The number of aryl methyl sites for hydroxylation is 1. The third-order valence-corrected chi connectivity index (χ3v) is 5.40. The molecule has 0 aliphatic carbocycles. The first-order valence-corrected chi connectivity index (χ1v) is 10.1. The van der Waals surface area contributed by atoms with Gasteiger partial charge >= 0.3 is 0 Å². The summed E-state index contributed by atoms with van der Waals surface area (Å²) in [6.07, 6.45) is 0. The number of halogens is 1. The zero-order valence-corrected chi connectivity index (χ0v) is 17.3. The van der Waals surface area contributed by atoms with E-state index in [-0.39, 0.29) is 0 Å². The van der Waals surface area contributed by atoms with Gasteiger partial charge in [-0.2, -0.15) is 0 Å². The molecular formula is C19H22ClN5O2S. The smallest absolute Gasteiger partial charge is 0.209 e. The highest BCUT2D eigenvalue weighted by molar-refractivity contribution is 7.99. The molecule has 28 heavy (non-hydrogen) atoms. The summed E-state index contributed by atoms with van der Waals surface area (Å²) in [6.45, 7) is 1.84. The van der Waals surface area contributed by atoms with Gasteiger partial charge in [0.25, 0.3) is 0 Å². The second-order valence-corrected chi connectivity index (χ2v) is 7.41. The molecule has 1 N–H and O–H groups in total. The minimum atomic E-state index is 0.377. The molecule has 0 saturated carbocycles. The van der Waals surface area contributed by atoms with Crippen molar-refractivity contribution in [2.45, 2.75) is 18.3 Å². The molecular weight excluding hydrogens is 398 g/mol. The lowest BCUT2D eigenvalue weighted by molar-refractivity contribution is 0.281. The van der Waals surface area contributed by atoms with E-state index in [9.17, 15) is 0 Å². The van der Waals surface area contributed by atoms with Crippen molar-refractivity contribution in [3.63, 3.8) is 0 Å². The van der Waals surface area contributed by atoms with E-state index in [2.05, 4.69) is 20.8 Å². The Kier molecular flexibility index (Phi) is 7.53. The van der Waals surface area contributed by atoms with Crippen LogP contribution >= 0.6 is 23.4 Å². The lowest BCUT2D eigenvalue weighted by Gasteiger charge is -2.16. The molecule has 0 bridgehead atoms. The van der Waals surface area contributed by atoms with E-state index >= 15 is 0 Å². The number of tetrazole rings is 1. The van der Waals surface area contributed by atoms with Crippen molar-refractivity contribution in [1.82, 2.24) is 25.5 Å². The number of hydrogen-bond donors (Lipinski definition) is 1. The zero-order valence-electron chi connectivity index (χ0n) is 15.8. The third-order valence-electron chi connectivity index (χ3n) is 4.02. The van der Waals surface area contributed by atoms with E-state index < -0.39 is 0 Å². The Morgan fingerprint density at radius 2 is 1.96 bits per heavy atom. The zero-order chi connectivity index (χ0) is 19.8. The summed E-state index contributed by atoms with van der Waals surface area (Å²) >= 11 is 7.84. The third kappa shape index (κ3) is 5.37. The molecule has 0 aliphatic rings. The van der Waals surface area contributed by atoms with Gasteiger partial charge < -0.3 is 14.8 Å². The SMILES string of the molecule is COc1cccc(CNCCSc2nnnn2C)c1OCc1ccccc1Cl. The fourth-order valence-corrected chi connectivity index (χ4v) is 3.51. The monoisotopic (exact) mass is 419 g/mol. The van der Waals surface area contributed by atoms with Gasteiger partial charge in [-0.05, 0) is 22.6 Å². The van der Waals surface area contributed by atoms with E-state index in [1.807, 2.05) is 49.5 Å². The number of para-hydroxylation sites is 1. The Balaban J connectivity index is 1.57. The Bertz CT molecular complexity index is 906. The number of aromatic nitrogens is 4. The van der Waals surface area contributed by atoms with Gasteiger partial charge in [-0.3, -0.25) is 0 Å². The summed E-state index contributed by atoms with van der Waals surface area (Å²) in [6, 6.07) is 13.5. The number of nitrogens with one attached hydrogen (secondary N) is 1. The largest absolute Gasteiger partial charge is 0.493 e. The van der Waals surface area contributed by atoms with E-state index in [0.29, 0.717) is 23.9 Å². The molecule has 9 heteroatoms. The quantitative estimate of drug-likeness (QED) is 0.399. The summed E-state index contributed by atoms with van der Waals surface area (Å²) in [5.41, 5.74) is 1.96. The standard InChI is InChI=1S/C19H22ClN5O2S/c1-25-19(22-23-24-25)28-11-10-21-12-14-7-5-9-17(26-2)18(14)27-13-15-6-3-4-8-16(15)20/h3-9,21H,10-13H2,1-2H3. The van der Waals surface area contributed by atoms with Gasteiger partial charge in [0, 0.05) is 42.0 Å². The lowest BCUT2D eigenvalue weighted by atomic mass is 10.1. The normalized spacial score (nSPS) is 10.8. The first-order valence-electron chi connectivity index (χ1n) is 8.77. The Morgan fingerprint density at radius 3 is 2.71 bits per heavy atom. The molecule has 0 amide bonds. The number of rotatable bonds is 10. The van der Waals surface area contributed by atoms with Crippen molar-refractivity contribution in [3.8, 4) is 11.5 Å². The van der Waals surface area contributed by atoms with E-state index in [1.54, 1.807) is 23.6 Å². The van der Waals surface area contributed by atoms with E-state index in [4.69, 9.17) is 21.1 Å². The highest BCUT2D eigenvalue weighted by atomic mass is 35.5. The van der Waals surface area contributed by atoms with Crippen LogP contribution in [0.25, 0.3) is 0 Å². The topological polar surface area (TPSA) is 74.1 Å². The fourth-order valence-electron chi connectivity index (χ4n) is 2.57. The van der Waals surface area contributed by atoms with Crippen LogP contribution in [0.5, 0.6) is 11.5 Å². The average Bonchev–Trinajstić information content (AvgIpc) is 3.12. The predicted octanol–water partition coefficient (Wildman–Crippen LogP) is 3.33. The summed E-state index contributed by atoms with van der Waals surface area (Å²) < 4.78 is 13.2. The van der Waals surface area contributed by atoms with Crippen LogP contribution in [0.4, 0.5) is 0 Å². The highest BCUT2D eigenvalue weighted by Gasteiger charge is 2.12. The Hall–Kier alpha value is -2.29. The van der Waals surface area contributed by atoms with Crippen molar-refractivity contribution >= 4 is 23.4 Å². The summed E-state index contributed by atoms with van der Waals surface area (Å²) in [5, 5.41) is 16.3. The molecule has 0 spiro atoms. The van der Waals surface area contributed by atoms with Crippen molar-refractivity contribution < 1.29 is 9.47 Å². The maximum absolute atomic E-state index is 6.23. The number of ether oxygens (including phenoxy) is 2. The molecule has 0 fully saturated rings. The van der Waals surface area contributed by atoms with Crippen molar-refractivity contribution in [2.75, 3.05) is 19.4 Å². The van der Waals surface area contributed by atoms with Crippen LogP contribution in [0.1, 0.15) is 11.1 Å². The van der Waals surface area contributed by atoms with E-state index in [1.165, 1.54) is 0 Å². The van der Waals surface area contributed by atoms with Crippen LogP contribution in [-0.2, 0) is 20.2 Å². The Labute approximate surface area is 173 Å². The summed E-state index contributed by atoms with van der Waals surface area (Å²) in [4.78, 5) is 0. The lowest BCUT2D eigenvalue weighted by Crippen LogP contribution is -2.17. The van der Waals surface area contributed by atoms with Gasteiger partial charge in [0.1, 0.15) is 6.61 Å². The average molecular weight is 420 g/mol. The van der Waals surface area contributed by atoms with Gasteiger partial charge in [0.05, 0.1) is 7.11 Å². The number of hydrogen-bond acceptors (Lipinski definition) is 7. The molecule has 3 rings (SSSR count). The molecule has 148 valence electrons. The summed E-state index contributed by atoms with van der Waals surface area (Å²) in [5.74, 6) is 2.28. The maximum atomic E-state index is 6.23. The number of nitrogens with zero attached hydrogens (tertiary/aromatic N) is 4. The Morgan fingerprint density at radius 1 is 1.14 bits per heavy atom.